The van der Waals surface area contributed by atoms with Crippen LogP contribution in [0.5, 0.6) is 11.5 Å². The largest absolute Gasteiger partial charge is 0.493 e. The Hall–Kier alpha value is -1.34. The van der Waals surface area contributed by atoms with E-state index in [9.17, 15) is 5.11 Å². The van der Waals surface area contributed by atoms with Crippen LogP contribution in [0.1, 0.15) is 57.1 Å². The van der Waals surface area contributed by atoms with Gasteiger partial charge in [0.1, 0.15) is 0 Å². The number of likely N-dealkylation sites (tertiary alicyclic amines) is 1. The molecule has 1 N–H and O–H groups in total. The summed E-state index contributed by atoms with van der Waals surface area (Å²) in [5.41, 5.74) is 0.998. The zero-order valence-corrected chi connectivity index (χ0v) is 18.9. The molecule has 6 atom stereocenters. The number of rotatable bonds is 2. The zero-order chi connectivity index (χ0) is 21.3. The summed E-state index contributed by atoms with van der Waals surface area (Å²) in [6.07, 6.45) is 4.86. The van der Waals surface area contributed by atoms with Crippen LogP contribution >= 0.6 is 0 Å². The first-order valence-corrected chi connectivity index (χ1v) is 11.3. The minimum Gasteiger partial charge on any atom is -0.493 e. The molecule has 0 amide bonds. The highest BCUT2D eigenvalue weighted by atomic mass is 16.7. The Bertz CT molecular complexity index is 833. The number of piperidine rings is 1. The molecule has 2 heterocycles. The van der Waals surface area contributed by atoms with Crippen molar-refractivity contribution in [2.75, 3.05) is 27.8 Å². The lowest BCUT2D eigenvalue weighted by atomic mass is 9.48. The molecule has 1 aromatic carbocycles. The molecule has 0 aromatic heterocycles. The Labute approximate surface area is 179 Å². The monoisotopic (exact) mass is 417 g/mol. The second kappa shape index (κ2) is 6.83. The number of methoxy groups -OCH3 is 2. The minimum absolute atomic E-state index is 0.0765. The van der Waals surface area contributed by atoms with E-state index in [2.05, 4.69) is 31.9 Å². The lowest BCUT2D eigenvalue weighted by Gasteiger charge is -2.66. The van der Waals surface area contributed by atoms with Gasteiger partial charge in [0.25, 0.3) is 0 Å². The predicted molar refractivity (Wildman–Crippen MR) is 113 cm³/mol. The van der Waals surface area contributed by atoms with Crippen molar-refractivity contribution in [2.24, 2.45) is 0 Å². The molecule has 2 bridgehead atoms. The quantitative estimate of drug-likeness (QED) is 0.798. The summed E-state index contributed by atoms with van der Waals surface area (Å²) in [5, 5.41) is 12.4. The van der Waals surface area contributed by atoms with Gasteiger partial charge in [-0.25, -0.2) is 0 Å². The topological polar surface area (TPSA) is 60.4 Å². The van der Waals surface area contributed by atoms with Crippen LogP contribution in [0.3, 0.4) is 0 Å². The first-order valence-electron chi connectivity index (χ1n) is 11.3. The van der Waals surface area contributed by atoms with E-state index >= 15 is 0 Å². The van der Waals surface area contributed by atoms with Gasteiger partial charge in [-0.05, 0) is 64.8 Å². The maximum Gasteiger partial charge on any atom is 0.170 e. The second-order valence-electron chi connectivity index (χ2n) is 9.97. The van der Waals surface area contributed by atoms with Crippen molar-refractivity contribution in [1.82, 2.24) is 4.90 Å². The highest BCUT2D eigenvalue weighted by Gasteiger charge is 2.69. The normalized spacial score (nSPS) is 43.1. The number of ether oxygens (including phenoxy) is 4. The Morgan fingerprint density at radius 2 is 1.80 bits per heavy atom. The van der Waals surface area contributed by atoms with E-state index in [-0.39, 0.29) is 18.2 Å². The summed E-state index contributed by atoms with van der Waals surface area (Å²) >= 11 is 0. The summed E-state index contributed by atoms with van der Waals surface area (Å²) in [7, 11) is 5.51. The third kappa shape index (κ3) is 2.63. The van der Waals surface area contributed by atoms with Crippen molar-refractivity contribution in [3.05, 3.63) is 23.3 Å². The van der Waals surface area contributed by atoms with E-state index < -0.39 is 16.8 Å². The molecule has 0 radical (unpaired) electrons. The molecule has 1 spiro atoms. The third-order valence-electron chi connectivity index (χ3n) is 8.28. The van der Waals surface area contributed by atoms with Crippen LogP contribution in [0.4, 0.5) is 0 Å². The number of aliphatic hydroxyl groups is 1. The molecule has 2 saturated heterocycles. The van der Waals surface area contributed by atoms with Gasteiger partial charge in [0.05, 0.1) is 32.0 Å². The SMILES string of the molecule is COc1ccc2c(c1OC)[C@]13CCN(C)[C@H](C2)C1(O)CC[C@]1(C3)O[C@H](C)C[C@H](C)O1. The van der Waals surface area contributed by atoms with Crippen molar-refractivity contribution < 1.29 is 24.1 Å². The molecule has 4 aliphatic rings. The first kappa shape index (κ1) is 20.6. The second-order valence-corrected chi connectivity index (χ2v) is 9.97. The van der Waals surface area contributed by atoms with E-state index in [1.54, 1.807) is 14.2 Å². The van der Waals surface area contributed by atoms with Crippen LogP contribution < -0.4 is 9.47 Å². The van der Waals surface area contributed by atoms with Crippen molar-refractivity contribution >= 4 is 0 Å². The van der Waals surface area contributed by atoms with Gasteiger partial charge in [-0.1, -0.05) is 6.07 Å². The number of fused-ring (bicyclic) bond motifs is 1. The fourth-order valence-corrected chi connectivity index (χ4v) is 7.15. The van der Waals surface area contributed by atoms with Crippen LogP contribution in [-0.4, -0.2) is 67.5 Å². The number of hydrogen-bond donors (Lipinski definition) is 1. The van der Waals surface area contributed by atoms with E-state index in [0.29, 0.717) is 19.3 Å². The molecule has 3 fully saturated rings. The summed E-state index contributed by atoms with van der Waals surface area (Å²) in [4.78, 5) is 2.34. The standard InChI is InChI=1S/C24H35NO5/c1-15-12-16(2)30-23(29-15)8-9-24(26)19-13-17-6-7-18(27-4)21(28-5)20(17)22(24,14-23)10-11-25(19)3/h6-7,15-16,19,26H,8-14H2,1-5H3/t15-,16+,19-,22-,23+,24?/m1/s1. The summed E-state index contributed by atoms with van der Waals surface area (Å²) in [5.74, 6) is 0.814. The molecular formula is C24H35NO5. The van der Waals surface area contributed by atoms with Gasteiger partial charge in [-0.2, -0.15) is 0 Å². The smallest absolute Gasteiger partial charge is 0.170 e. The predicted octanol–water partition coefficient (Wildman–Crippen LogP) is 3.03. The van der Waals surface area contributed by atoms with Crippen LogP contribution in [0.25, 0.3) is 0 Å². The maximum atomic E-state index is 12.4. The fourth-order valence-electron chi connectivity index (χ4n) is 7.15. The summed E-state index contributed by atoms with van der Waals surface area (Å²) in [6.45, 7) is 5.19. The van der Waals surface area contributed by atoms with E-state index in [1.807, 2.05) is 6.07 Å². The van der Waals surface area contributed by atoms with Crippen molar-refractivity contribution in [3.8, 4) is 11.5 Å². The molecule has 1 unspecified atom stereocenters. The number of nitrogens with zero attached hydrogens (tertiary/aromatic N) is 1. The molecule has 1 saturated carbocycles. The number of benzene rings is 1. The van der Waals surface area contributed by atoms with Crippen LogP contribution in [0.2, 0.25) is 0 Å². The number of likely N-dealkylation sites (N-methyl/N-ethyl adjacent to an activating group) is 1. The Morgan fingerprint density at radius 3 is 2.47 bits per heavy atom. The molecule has 30 heavy (non-hydrogen) atoms. The van der Waals surface area contributed by atoms with Gasteiger partial charge in [0.2, 0.25) is 0 Å². The average Bonchev–Trinajstić information content (AvgIpc) is 2.69. The first-order chi connectivity index (χ1) is 14.3. The molecule has 5 rings (SSSR count). The van der Waals surface area contributed by atoms with Crippen LogP contribution in [-0.2, 0) is 21.3 Å². The third-order valence-corrected chi connectivity index (χ3v) is 8.28. The number of hydrogen-bond acceptors (Lipinski definition) is 6. The average molecular weight is 418 g/mol. The van der Waals surface area contributed by atoms with E-state index in [1.165, 1.54) is 5.56 Å². The molecule has 2 aliphatic heterocycles. The van der Waals surface area contributed by atoms with Crippen LogP contribution in [0, 0.1) is 0 Å². The molecule has 6 heteroatoms. The highest BCUT2D eigenvalue weighted by molar-refractivity contribution is 5.59. The Morgan fingerprint density at radius 1 is 1.07 bits per heavy atom. The highest BCUT2D eigenvalue weighted by Crippen LogP contribution is 2.64. The van der Waals surface area contributed by atoms with E-state index in [4.69, 9.17) is 18.9 Å². The van der Waals surface area contributed by atoms with Crippen molar-refractivity contribution in [2.45, 2.75) is 87.4 Å². The lowest BCUT2D eigenvalue weighted by Crippen LogP contribution is -2.75. The molecule has 2 aliphatic carbocycles. The molecular weight excluding hydrogens is 382 g/mol. The summed E-state index contributed by atoms with van der Waals surface area (Å²) in [6, 6.07) is 4.22. The molecule has 1 aromatic rings. The maximum absolute atomic E-state index is 12.4. The fraction of sp³-hybridized carbons (Fsp3) is 0.750. The lowest BCUT2D eigenvalue weighted by molar-refractivity contribution is -0.350. The van der Waals surface area contributed by atoms with Gasteiger partial charge in [0, 0.05) is 29.9 Å². The van der Waals surface area contributed by atoms with Gasteiger partial charge in [0.15, 0.2) is 17.3 Å². The van der Waals surface area contributed by atoms with Crippen molar-refractivity contribution in [3.63, 3.8) is 0 Å². The molecule has 166 valence electrons. The minimum atomic E-state index is -0.853. The Balaban J connectivity index is 1.71. The van der Waals surface area contributed by atoms with Gasteiger partial charge in [-0.15, -0.1) is 0 Å². The molecule has 6 nitrogen and oxygen atoms in total. The Kier molecular flexibility index (Phi) is 4.68. The van der Waals surface area contributed by atoms with Crippen molar-refractivity contribution in [1.29, 1.82) is 0 Å². The van der Waals surface area contributed by atoms with Gasteiger partial charge < -0.3 is 29.0 Å². The zero-order valence-electron chi connectivity index (χ0n) is 18.9. The summed E-state index contributed by atoms with van der Waals surface area (Å²) < 4.78 is 24.6. The van der Waals surface area contributed by atoms with Gasteiger partial charge >= 0.3 is 0 Å². The van der Waals surface area contributed by atoms with Crippen LogP contribution in [0.15, 0.2) is 12.1 Å². The van der Waals surface area contributed by atoms with Gasteiger partial charge in [-0.3, -0.25) is 0 Å². The van der Waals surface area contributed by atoms with E-state index in [0.717, 1.165) is 42.9 Å².